The zero-order valence-corrected chi connectivity index (χ0v) is 7.12. The molecule has 64 valence electrons. The van der Waals surface area contributed by atoms with Crippen molar-refractivity contribution in [3.8, 4) is 0 Å². The Morgan fingerprint density at radius 3 is 2.64 bits per heavy atom. The predicted molar refractivity (Wildman–Crippen MR) is 48.4 cm³/mol. The van der Waals surface area contributed by atoms with Crippen LogP contribution in [0.15, 0.2) is 16.9 Å². The topological polar surface area (TPSA) is 67.6 Å². The van der Waals surface area contributed by atoms with Crippen LogP contribution in [0.2, 0.25) is 0 Å². The molecule has 0 radical (unpaired) electrons. The minimum Gasteiger partial charge on any atom is -0.403 e. The van der Waals surface area contributed by atoms with Crippen molar-refractivity contribution in [1.29, 1.82) is 0 Å². The summed E-state index contributed by atoms with van der Waals surface area (Å²) in [6.07, 6.45) is 2.91. The number of hydrogen-bond donors (Lipinski definition) is 2. The Morgan fingerprint density at radius 1 is 1.55 bits per heavy atom. The molecule has 4 N–H and O–H groups in total. The fourth-order valence-electron chi connectivity index (χ4n) is 0.471. The lowest BCUT2D eigenvalue weighted by molar-refractivity contribution is 0.421. The number of aliphatic imine (C=N–C) groups is 1. The molecule has 0 heterocycles. The average molecular weight is 156 g/mol. The summed E-state index contributed by atoms with van der Waals surface area (Å²) in [6.45, 7) is 1.68. The molecule has 0 rings (SSSR count). The molecule has 0 aliphatic heterocycles. The van der Waals surface area contributed by atoms with E-state index < -0.39 is 0 Å². The average Bonchev–Trinajstić information content (AvgIpc) is 1.97. The number of nitrogens with two attached hydrogens (primary N) is 2. The van der Waals surface area contributed by atoms with Crippen molar-refractivity contribution in [2.45, 2.75) is 0 Å². The van der Waals surface area contributed by atoms with Crippen LogP contribution in [0, 0.1) is 0 Å². The van der Waals surface area contributed by atoms with Gasteiger partial charge in [0.2, 0.25) is 0 Å². The maximum absolute atomic E-state index is 5.36. The first kappa shape index (κ1) is 9.97. The maximum Gasteiger partial charge on any atom is 0.0652 e. The van der Waals surface area contributed by atoms with Crippen molar-refractivity contribution < 1.29 is 0 Å². The standard InChI is InChI=1S/C7H16N4/c1-11(2)4-3-10-6-7(9)5-8/h5-6H,3-4,8-9H2,1-2H3. The normalized spacial score (nSPS) is 13.2. The van der Waals surface area contributed by atoms with Crippen molar-refractivity contribution in [2.24, 2.45) is 16.5 Å². The third kappa shape index (κ3) is 6.86. The van der Waals surface area contributed by atoms with Crippen molar-refractivity contribution in [3.05, 3.63) is 11.9 Å². The van der Waals surface area contributed by atoms with E-state index in [9.17, 15) is 0 Å². The first-order valence-corrected chi connectivity index (χ1v) is 3.48. The van der Waals surface area contributed by atoms with Gasteiger partial charge in [0, 0.05) is 19.0 Å². The molecule has 0 aliphatic carbocycles. The molecule has 4 nitrogen and oxygen atoms in total. The molecule has 0 spiro atoms. The van der Waals surface area contributed by atoms with Crippen LogP contribution >= 0.6 is 0 Å². The quantitative estimate of drug-likeness (QED) is 0.533. The van der Waals surface area contributed by atoms with E-state index >= 15 is 0 Å². The van der Waals surface area contributed by atoms with Gasteiger partial charge in [0.25, 0.3) is 0 Å². The zero-order chi connectivity index (χ0) is 8.69. The smallest absolute Gasteiger partial charge is 0.0652 e. The summed E-state index contributed by atoms with van der Waals surface area (Å²) in [7, 11) is 4.00. The zero-order valence-electron chi connectivity index (χ0n) is 7.12. The molecule has 0 amide bonds. The first-order valence-electron chi connectivity index (χ1n) is 3.48. The second-order valence-corrected chi connectivity index (χ2v) is 2.51. The fourth-order valence-corrected chi connectivity index (χ4v) is 0.471. The van der Waals surface area contributed by atoms with E-state index in [-0.39, 0.29) is 0 Å². The molecular formula is C7H16N4. The predicted octanol–water partition coefficient (Wildman–Crippen LogP) is -0.622. The molecule has 0 fully saturated rings. The van der Waals surface area contributed by atoms with Crippen molar-refractivity contribution in [1.82, 2.24) is 4.90 Å². The van der Waals surface area contributed by atoms with Crippen molar-refractivity contribution in [3.63, 3.8) is 0 Å². The molecule has 0 aromatic carbocycles. The molecule has 0 unspecified atom stereocenters. The van der Waals surface area contributed by atoms with Gasteiger partial charge in [0.15, 0.2) is 0 Å². The fraction of sp³-hybridized carbons (Fsp3) is 0.571. The van der Waals surface area contributed by atoms with Crippen LogP contribution in [-0.2, 0) is 0 Å². The number of hydrogen-bond acceptors (Lipinski definition) is 4. The lowest BCUT2D eigenvalue weighted by Gasteiger charge is -2.04. The van der Waals surface area contributed by atoms with Crippen LogP contribution in [0.25, 0.3) is 0 Å². The van der Waals surface area contributed by atoms with Gasteiger partial charge < -0.3 is 16.4 Å². The minimum atomic E-state index is 0.503. The number of allylic oxidation sites excluding steroid dienone is 1. The van der Waals surface area contributed by atoms with E-state index in [4.69, 9.17) is 11.5 Å². The third-order valence-corrected chi connectivity index (χ3v) is 1.11. The van der Waals surface area contributed by atoms with E-state index in [0.717, 1.165) is 13.1 Å². The highest BCUT2D eigenvalue weighted by atomic mass is 15.1. The van der Waals surface area contributed by atoms with E-state index in [1.807, 2.05) is 14.1 Å². The second-order valence-electron chi connectivity index (χ2n) is 2.51. The van der Waals surface area contributed by atoms with Crippen LogP contribution in [0.1, 0.15) is 0 Å². The highest BCUT2D eigenvalue weighted by Crippen LogP contribution is 1.77. The summed E-state index contributed by atoms with van der Waals surface area (Å²) in [4.78, 5) is 6.10. The highest BCUT2D eigenvalue weighted by Gasteiger charge is 1.85. The maximum atomic E-state index is 5.36. The molecular weight excluding hydrogens is 140 g/mol. The summed E-state index contributed by atoms with van der Waals surface area (Å²) in [5.41, 5.74) is 11.0. The van der Waals surface area contributed by atoms with Crippen LogP contribution < -0.4 is 11.5 Å². The molecule has 0 saturated carbocycles. The Labute approximate surface area is 67.6 Å². The van der Waals surface area contributed by atoms with Gasteiger partial charge in [0.1, 0.15) is 0 Å². The third-order valence-electron chi connectivity index (χ3n) is 1.11. The van der Waals surface area contributed by atoms with Gasteiger partial charge in [-0.25, -0.2) is 0 Å². The molecule has 0 atom stereocenters. The Morgan fingerprint density at radius 2 is 2.18 bits per heavy atom. The number of nitrogens with zero attached hydrogens (tertiary/aromatic N) is 2. The first-order chi connectivity index (χ1) is 5.16. The van der Waals surface area contributed by atoms with E-state index in [1.54, 1.807) is 6.21 Å². The van der Waals surface area contributed by atoms with Gasteiger partial charge in [-0.1, -0.05) is 0 Å². The monoisotopic (exact) mass is 156 g/mol. The van der Waals surface area contributed by atoms with Crippen molar-refractivity contribution >= 4 is 6.21 Å². The SMILES string of the molecule is CN(C)CCN=CC(N)=CN. The summed E-state index contributed by atoms with van der Waals surface area (Å²) in [6, 6.07) is 0. The molecule has 0 aromatic heterocycles. The van der Waals surface area contributed by atoms with E-state index in [0.29, 0.717) is 5.70 Å². The lowest BCUT2D eigenvalue weighted by Crippen LogP contribution is -2.15. The van der Waals surface area contributed by atoms with Gasteiger partial charge in [0.05, 0.1) is 12.2 Å². The van der Waals surface area contributed by atoms with Crippen LogP contribution in [0.3, 0.4) is 0 Å². The van der Waals surface area contributed by atoms with Gasteiger partial charge >= 0.3 is 0 Å². The Kier molecular flexibility index (Phi) is 5.20. The summed E-state index contributed by atoms with van der Waals surface area (Å²) in [5, 5.41) is 0. The van der Waals surface area contributed by atoms with Gasteiger partial charge in [-0.2, -0.15) is 0 Å². The lowest BCUT2D eigenvalue weighted by atomic mass is 10.5. The molecule has 4 heteroatoms. The summed E-state index contributed by atoms with van der Waals surface area (Å²) < 4.78 is 0. The second kappa shape index (κ2) is 5.73. The molecule has 0 aliphatic rings. The van der Waals surface area contributed by atoms with Crippen LogP contribution in [0.4, 0.5) is 0 Å². The Bertz CT molecular complexity index is 149. The Hall–Kier alpha value is -1.03. The summed E-state index contributed by atoms with van der Waals surface area (Å²) in [5.74, 6) is 0. The van der Waals surface area contributed by atoms with Gasteiger partial charge in [-0.05, 0) is 14.1 Å². The molecule has 0 saturated heterocycles. The number of rotatable bonds is 4. The number of likely N-dealkylation sites (N-methyl/N-ethyl adjacent to an activating group) is 1. The van der Waals surface area contributed by atoms with Crippen LogP contribution in [-0.4, -0.2) is 38.3 Å². The highest BCUT2D eigenvalue weighted by molar-refractivity contribution is 5.76. The van der Waals surface area contributed by atoms with E-state index in [2.05, 4.69) is 9.89 Å². The van der Waals surface area contributed by atoms with Gasteiger partial charge in [-0.15, -0.1) is 0 Å². The molecule has 0 aromatic rings. The molecule has 11 heavy (non-hydrogen) atoms. The van der Waals surface area contributed by atoms with Gasteiger partial charge in [-0.3, -0.25) is 4.99 Å². The largest absolute Gasteiger partial charge is 0.403 e. The molecule has 0 bridgehead atoms. The van der Waals surface area contributed by atoms with Crippen molar-refractivity contribution in [2.75, 3.05) is 27.2 Å². The van der Waals surface area contributed by atoms with Crippen LogP contribution in [0.5, 0.6) is 0 Å². The minimum absolute atomic E-state index is 0.503. The Balaban J connectivity index is 3.45. The van der Waals surface area contributed by atoms with E-state index in [1.165, 1.54) is 6.20 Å². The summed E-state index contributed by atoms with van der Waals surface area (Å²) >= 11 is 0.